The Labute approximate surface area is 145 Å². The third-order valence-corrected chi connectivity index (χ3v) is 5.32. The highest BCUT2D eigenvalue weighted by Crippen LogP contribution is 2.34. The normalized spacial score (nSPS) is 17.1. The van der Waals surface area contributed by atoms with Crippen LogP contribution in [0.1, 0.15) is 52.3 Å². The van der Waals surface area contributed by atoms with Crippen LogP contribution in [-0.2, 0) is 11.3 Å². The summed E-state index contributed by atoms with van der Waals surface area (Å²) in [5.41, 5.74) is 2.94. The zero-order valence-corrected chi connectivity index (χ0v) is 14.7. The van der Waals surface area contributed by atoms with Crippen LogP contribution in [0.3, 0.4) is 0 Å². The number of likely N-dealkylation sites (tertiary alicyclic amines) is 1. The Morgan fingerprint density at radius 1 is 1.42 bits per heavy atom. The van der Waals surface area contributed by atoms with E-state index in [1.165, 1.54) is 18.3 Å². The first kappa shape index (κ1) is 16.6. The summed E-state index contributed by atoms with van der Waals surface area (Å²) in [7, 11) is 0. The van der Waals surface area contributed by atoms with Gasteiger partial charge in [0, 0.05) is 19.7 Å². The minimum atomic E-state index is -0.0759. The zero-order chi connectivity index (χ0) is 17.1. The molecule has 6 heteroatoms. The summed E-state index contributed by atoms with van der Waals surface area (Å²) in [5, 5.41) is 4.73. The lowest BCUT2D eigenvalue weighted by molar-refractivity contribution is -0.119. The first-order chi connectivity index (χ1) is 11.6. The number of nitrogens with zero attached hydrogens (tertiary/aromatic N) is 2. The molecular weight excluding hydrogens is 322 g/mol. The van der Waals surface area contributed by atoms with Crippen molar-refractivity contribution in [1.29, 1.82) is 0 Å². The Morgan fingerprint density at radius 3 is 2.96 bits per heavy atom. The number of carbonyl (C=O) groups is 2. The second-order valence-electron chi connectivity index (χ2n) is 6.08. The number of hydrogen-bond donors (Lipinski definition) is 1. The van der Waals surface area contributed by atoms with Crippen LogP contribution in [0.15, 0.2) is 29.8 Å². The molecule has 0 aliphatic carbocycles. The number of aromatic nitrogens is 1. The predicted molar refractivity (Wildman–Crippen MR) is 93.8 cm³/mol. The Morgan fingerprint density at radius 2 is 2.25 bits per heavy atom. The van der Waals surface area contributed by atoms with E-state index in [2.05, 4.69) is 10.3 Å². The van der Waals surface area contributed by atoms with Crippen LogP contribution in [0.2, 0.25) is 0 Å². The molecule has 2 aromatic rings. The molecule has 1 aliphatic rings. The molecule has 1 fully saturated rings. The van der Waals surface area contributed by atoms with E-state index in [-0.39, 0.29) is 17.9 Å². The molecule has 0 spiro atoms. The van der Waals surface area contributed by atoms with Crippen molar-refractivity contribution >= 4 is 23.2 Å². The number of nitrogens with one attached hydrogen (secondary N) is 1. The smallest absolute Gasteiger partial charge is 0.264 e. The van der Waals surface area contributed by atoms with Gasteiger partial charge in [0.05, 0.1) is 23.2 Å². The zero-order valence-electron chi connectivity index (χ0n) is 13.9. The monoisotopic (exact) mass is 343 g/mol. The van der Waals surface area contributed by atoms with Crippen LogP contribution in [-0.4, -0.2) is 28.2 Å². The van der Waals surface area contributed by atoms with Gasteiger partial charge in [0.2, 0.25) is 5.91 Å². The molecule has 5 nitrogen and oxygen atoms in total. The Hall–Kier alpha value is -2.21. The van der Waals surface area contributed by atoms with Crippen molar-refractivity contribution in [1.82, 2.24) is 15.2 Å². The second kappa shape index (κ2) is 7.13. The Kier molecular flexibility index (Phi) is 4.94. The highest BCUT2D eigenvalue weighted by molar-refractivity contribution is 7.12. The summed E-state index contributed by atoms with van der Waals surface area (Å²) >= 11 is 1.51. The average Bonchev–Trinajstić information content (AvgIpc) is 3.21. The van der Waals surface area contributed by atoms with Gasteiger partial charge in [0.15, 0.2) is 0 Å². The van der Waals surface area contributed by atoms with Gasteiger partial charge in [-0.25, -0.2) is 0 Å². The Balaban J connectivity index is 1.80. The minimum absolute atomic E-state index is 0.0759. The quantitative estimate of drug-likeness (QED) is 0.928. The number of carbonyl (C=O) groups excluding carboxylic acids is 2. The lowest BCUT2D eigenvalue weighted by atomic mass is 10.0. The maximum Gasteiger partial charge on any atom is 0.264 e. The van der Waals surface area contributed by atoms with Crippen LogP contribution in [0.5, 0.6) is 0 Å². The molecule has 0 bridgehead atoms. The number of aryl methyl sites for hydroxylation is 1. The van der Waals surface area contributed by atoms with Crippen molar-refractivity contribution in [3.63, 3.8) is 0 Å². The fourth-order valence-electron chi connectivity index (χ4n) is 3.09. The number of rotatable bonds is 4. The van der Waals surface area contributed by atoms with Gasteiger partial charge in [-0.05, 0) is 54.5 Å². The molecule has 1 unspecified atom stereocenters. The van der Waals surface area contributed by atoms with Crippen LogP contribution < -0.4 is 5.32 Å². The molecule has 0 saturated carbocycles. The Bertz CT molecular complexity index is 756. The fourth-order valence-corrected chi connectivity index (χ4v) is 3.97. The van der Waals surface area contributed by atoms with Gasteiger partial charge in [0.1, 0.15) is 0 Å². The molecular formula is C18H21N3O2S. The summed E-state index contributed by atoms with van der Waals surface area (Å²) in [6.45, 7) is 4.66. The first-order valence-electron chi connectivity index (χ1n) is 8.10. The predicted octanol–water partition coefficient (Wildman–Crippen LogP) is 3.06. The second-order valence-corrected chi connectivity index (χ2v) is 7.00. The third kappa shape index (κ3) is 3.48. The van der Waals surface area contributed by atoms with E-state index >= 15 is 0 Å². The SMILES string of the molecule is CC(=O)NCc1cc(C2CCCN2C(=O)c2sccc2C)ccn1. The number of thiophene rings is 1. The molecule has 1 saturated heterocycles. The van der Waals surface area contributed by atoms with Crippen LogP contribution in [0.25, 0.3) is 0 Å². The number of amides is 2. The van der Waals surface area contributed by atoms with E-state index < -0.39 is 0 Å². The highest BCUT2D eigenvalue weighted by Gasteiger charge is 2.31. The molecule has 24 heavy (non-hydrogen) atoms. The van der Waals surface area contributed by atoms with Gasteiger partial charge < -0.3 is 10.2 Å². The van der Waals surface area contributed by atoms with E-state index in [0.717, 1.165) is 41.1 Å². The summed E-state index contributed by atoms with van der Waals surface area (Å²) in [4.78, 5) is 31.0. The summed E-state index contributed by atoms with van der Waals surface area (Å²) in [6.07, 6.45) is 3.72. The van der Waals surface area contributed by atoms with Crippen LogP contribution in [0, 0.1) is 6.92 Å². The molecule has 126 valence electrons. The van der Waals surface area contributed by atoms with Gasteiger partial charge in [-0.15, -0.1) is 11.3 Å². The maximum atomic E-state index is 12.9. The minimum Gasteiger partial charge on any atom is -0.351 e. The van der Waals surface area contributed by atoms with Gasteiger partial charge in [-0.2, -0.15) is 0 Å². The lowest BCUT2D eigenvalue weighted by Gasteiger charge is -2.25. The standard InChI is InChI=1S/C18H21N3O2S/c1-12-6-9-24-17(12)18(23)21-8-3-4-16(21)14-5-7-19-15(10-14)11-20-13(2)22/h5-7,9-10,16H,3-4,8,11H2,1-2H3,(H,20,22). The lowest BCUT2D eigenvalue weighted by Crippen LogP contribution is -2.30. The van der Waals surface area contributed by atoms with Crippen molar-refractivity contribution in [3.8, 4) is 0 Å². The van der Waals surface area contributed by atoms with E-state index in [1.54, 1.807) is 6.20 Å². The maximum absolute atomic E-state index is 12.9. The van der Waals surface area contributed by atoms with Crippen molar-refractivity contribution in [2.24, 2.45) is 0 Å². The fraction of sp³-hybridized carbons (Fsp3) is 0.389. The van der Waals surface area contributed by atoms with Crippen LogP contribution in [0.4, 0.5) is 0 Å². The third-order valence-electron chi connectivity index (χ3n) is 4.31. The summed E-state index contributed by atoms with van der Waals surface area (Å²) in [5.74, 6) is 0.0401. The molecule has 0 aromatic carbocycles. The highest BCUT2D eigenvalue weighted by atomic mass is 32.1. The molecule has 1 N–H and O–H groups in total. The van der Waals surface area contributed by atoms with Gasteiger partial charge in [-0.1, -0.05) is 0 Å². The van der Waals surface area contributed by atoms with Gasteiger partial charge in [-0.3, -0.25) is 14.6 Å². The van der Waals surface area contributed by atoms with Crippen molar-refractivity contribution in [2.45, 2.75) is 39.3 Å². The van der Waals surface area contributed by atoms with E-state index in [1.807, 2.05) is 35.4 Å². The molecule has 0 radical (unpaired) electrons. The number of pyridine rings is 1. The molecule has 3 heterocycles. The molecule has 1 aliphatic heterocycles. The van der Waals surface area contributed by atoms with Crippen LogP contribution >= 0.6 is 11.3 Å². The van der Waals surface area contributed by atoms with Gasteiger partial charge >= 0.3 is 0 Å². The van der Waals surface area contributed by atoms with E-state index in [4.69, 9.17) is 0 Å². The topological polar surface area (TPSA) is 62.3 Å². The summed E-state index contributed by atoms with van der Waals surface area (Å²) < 4.78 is 0. The van der Waals surface area contributed by atoms with E-state index in [9.17, 15) is 9.59 Å². The first-order valence-corrected chi connectivity index (χ1v) is 8.98. The average molecular weight is 343 g/mol. The number of hydrogen-bond acceptors (Lipinski definition) is 4. The molecule has 2 amide bonds. The molecule has 2 aromatic heterocycles. The molecule has 3 rings (SSSR count). The molecule has 1 atom stereocenters. The van der Waals surface area contributed by atoms with E-state index in [0.29, 0.717) is 6.54 Å². The van der Waals surface area contributed by atoms with Crippen molar-refractivity contribution < 1.29 is 9.59 Å². The van der Waals surface area contributed by atoms with Crippen molar-refractivity contribution in [3.05, 3.63) is 51.5 Å². The van der Waals surface area contributed by atoms with Crippen molar-refractivity contribution in [2.75, 3.05) is 6.54 Å². The summed E-state index contributed by atoms with van der Waals surface area (Å²) in [6, 6.07) is 6.03. The van der Waals surface area contributed by atoms with Gasteiger partial charge in [0.25, 0.3) is 5.91 Å². The largest absolute Gasteiger partial charge is 0.351 e.